The Hall–Kier alpha value is -0.710. The largest absolute Gasteiger partial charge is 0.481 e. The minimum absolute atomic E-state index is 0.259. The summed E-state index contributed by atoms with van der Waals surface area (Å²) >= 11 is 0. The molecule has 2 unspecified atom stereocenters. The average molecular weight is 221 g/mol. The van der Waals surface area contributed by atoms with Crippen molar-refractivity contribution in [1.82, 2.24) is 5.09 Å². The number of hydrogen-bond acceptors (Lipinski definition) is 4. The second kappa shape index (κ2) is 7.67. The fraction of sp³-hybridized carbons (Fsp3) is 0.714. The Kier molecular flexibility index (Phi) is 7.28. The molecule has 6 nitrogen and oxygen atoms in total. The van der Waals surface area contributed by atoms with Gasteiger partial charge in [-0.2, -0.15) is 0 Å². The molecule has 14 heavy (non-hydrogen) atoms. The molecule has 2 atom stereocenters. The smallest absolute Gasteiger partial charge is 0.316 e. The standard InChI is InChI=1S/C7H16N3O3P/c8-4-2-1-3-5(7(12)13)6(11)10-14-9/h5,14H,1-4,8-9H2,(H,10,11)(H,12,13). The van der Waals surface area contributed by atoms with Crippen LogP contribution in [0.1, 0.15) is 19.3 Å². The van der Waals surface area contributed by atoms with Crippen LogP contribution < -0.4 is 16.3 Å². The van der Waals surface area contributed by atoms with Gasteiger partial charge in [-0.1, -0.05) is 6.42 Å². The predicted octanol–water partition coefficient (Wildman–Crippen LogP) is -0.600. The van der Waals surface area contributed by atoms with E-state index in [1.807, 2.05) is 0 Å². The van der Waals surface area contributed by atoms with Crippen molar-refractivity contribution in [2.75, 3.05) is 6.54 Å². The fourth-order valence-electron chi connectivity index (χ4n) is 1.02. The van der Waals surface area contributed by atoms with Crippen molar-refractivity contribution < 1.29 is 14.7 Å². The van der Waals surface area contributed by atoms with Crippen LogP contribution in [0.4, 0.5) is 0 Å². The summed E-state index contributed by atoms with van der Waals surface area (Å²) in [7, 11) is -0.259. The zero-order valence-corrected chi connectivity index (χ0v) is 8.82. The third-order valence-electron chi connectivity index (χ3n) is 1.76. The lowest BCUT2D eigenvalue weighted by atomic mass is 10.0. The van der Waals surface area contributed by atoms with Gasteiger partial charge in [-0.25, -0.2) is 0 Å². The van der Waals surface area contributed by atoms with Gasteiger partial charge >= 0.3 is 5.97 Å². The van der Waals surface area contributed by atoms with Gasteiger partial charge in [0.1, 0.15) is 5.92 Å². The highest BCUT2D eigenvalue weighted by Gasteiger charge is 2.24. The molecule has 0 rings (SSSR count). The van der Waals surface area contributed by atoms with Crippen molar-refractivity contribution in [2.45, 2.75) is 19.3 Å². The lowest BCUT2D eigenvalue weighted by Crippen LogP contribution is -2.31. The molecule has 0 aliphatic carbocycles. The number of nitrogens with two attached hydrogens (primary N) is 2. The van der Waals surface area contributed by atoms with Crippen LogP contribution in [0.3, 0.4) is 0 Å². The van der Waals surface area contributed by atoms with Crippen LogP contribution in [-0.2, 0) is 9.59 Å². The predicted molar refractivity (Wildman–Crippen MR) is 54.7 cm³/mol. The van der Waals surface area contributed by atoms with E-state index in [0.717, 1.165) is 6.42 Å². The lowest BCUT2D eigenvalue weighted by molar-refractivity contribution is -0.146. The summed E-state index contributed by atoms with van der Waals surface area (Å²) in [6.07, 6.45) is 1.67. The molecule has 0 aliphatic heterocycles. The number of carbonyl (C=O) groups excluding carboxylic acids is 1. The van der Waals surface area contributed by atoms with E-state index in [0.29, 0.717) is 19.4 Å². The summed E-state index contributed by atoms with van der Waals surface area (Å²) in [5.41, 5.74) is 10.4. The number of carboxylic acid groups (broad SMARTS) is 1. The van der Waals surface area contributed by atoms with Gasteiger partial charge in [0.05, 0.1) is 0 Å². The Morgan fingerprint density at radius 2 is 2.07 bits per heavy atom. The maximum absolute atomic E-state index is 11.2. The highest BCUT2D eigenvalue weighted by atomic mass is 31.1. The fourth-order valence-corrected chi connectivity index (χ4v) is 1.33. The first-order chi connectivity index (χ1) is 6.63. The molecule has 0 aliphatic rings. The topological polar surface area (TPSA) is 118 Å². The van der Waals surface area contributed by atoms with E-state index in [-0.39, 0.29) is 8.88 Å². The molecule has 0 saturated heterocycles. The molecule has 0 spiro atoms. The normalized spacial score (nSPS) is 13.0. The van der Waals surface area contributed by atoms with Crippen LogP contribution in [0, 0.1) is 5.92 Å². The van der Waals surface area contributed by atoms with Crippen molar-refractivity contribution >= 4 is 20.8 Å². The Labute approximate surface area is 84.3 Å². The number of nitrogens with one attached hydrogen (secondary N) is 1. The van der Waals surface area contributed by atoms with Crippen LogP contribution in [0.5, 0.6) is 0 Å². The molecule has 0 radical (unpaired) electrons. The summed E-state index contributed by atoms with van der Waals surface area (Å²) in [6.45, 7) is 0.507. The summed E-state index contributed by atoms with van der Waals surface area (Å²) in [4.78, 5) is 21.9. The van der Waals surface area contributed by atoms with Crippen molar-refractivity contribution in [3.05, 3.63) is 0 Å². The number of aliphatic carboxylic acids is 1. The van der Waals surface area contributed by atoms with Crippen molar-refractivity contribution in [2.24, 2.45) is 17.2 Å². The zero-order chi connectivity index (χ0) is 11.0. The van der Waals surface area contributed by atoms with E-state index in [9.17, 15) is 9.59 Å². The maximum atomic E-state index is 11.2. The van der Waals surface area contributed by atoms with Gasteiger partial charge in [-0.3, -0.25) is 15.1 Å². The lowest BCUT2D eigenvalue weighted by Gasteiger charge is -2.10. The van der Waals surface area contributed by atoms with E-state index in [4.69, 9.17) is 16.3 Å². The summed E-state index contributed by atoms with van der Waals surface area (Å²) in [5.74, 6) is -2.63. The molecule has 0 aromatic rings. The summed E-state index contributed by atoms with van der Waals surface area (Å²) in [5, 5.41) is 11.0. The van der Waals surface area contributed by atoms with Gasteiger partial charge in [-0.05, 0) is 19.4 Å². The highest BCUT2D eigenvalue weighted by Crippen LogP contribution is 2.10. The van der Waals surface area contributed by atoms with Crippen molar-refractivity contribution in [3.8, 4) is 0 Å². The summed E-state index contributed by atoms with van der Waals surface area (Å²) in [6, 6.07) is 0. The molecule has 0 fully saturated rings. The van der Waals surface area contributed by atoms with Crippen LogP contribution in [0.2, 0.25) is 0 Å². The van der Waals surface area contributed by atoms with Crippen molar-refractivity contribution in [3.63, 3.8) is 0 Å². The van der Waals surface area contributed by atoms with Crippen LogP contribution >= 0.6 is 8.88 Å². The Morgan fingerprint density at radius 3 is 2.50 bits per heavy atom. The number of hydrogen-bond donors (Lipinski definition) is 4. The molecule has 7 heteroatoms. The minimum atomic E-state index is -1.11. The number of carboxylic acids is 1. The van der Waals surface area contributed by atoms with E-state index < -0.39 is 17.8 Å². The first-order valence-electron chi connectivity index (χ1n) is 4.31. The monoisotopic (exact) mass is 221 g/mol. The molecular formula is C7H16N3O3P. The first kappa shape index (κ1) is 13.3. The van der Waals surface area contributed by atoms with Gasteiger partial charge in [-0.15, -0.1) is 0 Å². The molecule has 0 saturated carbocycles. The van der Waals surface area contributed by atoms with Crippen LogP contribution in [0.15, 0.2) is 0 Å². The number of amides is 1. The van der Waals surface area contributed by atoms with Gasteiger partial charge in [0.15, 0.2) is 0 Å². The average Bonchev–Trinajstić information content (AvgIpc) is 2.12. The molecule has 0 bridgehead atoms. The number of unbranched alkanes of at least 4 members (excludes halogenated alkanes) is 1. The van der Waals surface area contributed by atoms with Crippen molar-refractivity contribution in [1.29, 1.82) is 0 Å². The SMILES string of the molecule is NCCCCC(C(=O)O)C(=O)NPN. The zero-order valence-electron chi connectivity index (χ0n) is 7.82. The third kappa shape index (κ3) is 5.11. The van der Waals surface area contributed by atoms with Crippen LogP contribution in [0.25, 0.3) is 0 Å². The Balaban J connectivity index is 4.01. The molecule has 6 N–H and O–H groups in total. The van der Waals surface area contributed by atoms with Gasteiger partial charge in [0.25, 0.3) is 0 Å². The van der Waals surface area contributed by atoms with E-state index in [1.165, 1.54) is 0 Å². The highest BCUT2D eigenvalue weighted by molar-refractivity contribution is 7.33. The molecule has 1 amide bonds. The second-order valence-corrected chi connectivity index (χ2v) is 3.35. The maximum Gasteiger partial charge on any atom is 0.316 e. The molecular weight excluding hydrogens is 205 g/mol. The van der Waals surface area contributed by atoms with Gasteiger partial charge < -0.3 is 15.9 Å². The summed E-state index contributed by atoms with van der Waals surface area (Å²) < 4.78 is 0. The number of carbonyl (C=O) groups is 2. The van der Waals surface area contributed by atoms with Crippen LogP contribution in [-0.4, -0.2) is 23.5 Å². The number of rotatable bonds is 7. The molecule has 0 aromatic heterocycles. The quantitative estimate of drug-likeness (QED) is 0.260. The van der Waals surface area contributed by atoms with Gasteiger partial charge in [0, 0.05) is 8.88 Å². The third-order valence-corrected chi connectivity index (χ3v) is 2.15. The van der Waals surface area contributed by atoms with E-state index in [2.05, 4.69) is 5.09 Å². The molecule has 0 aromatic carbocycles. The first-order valence-corrected chi connectivity index (χ1v) is 5.39. The van der Waals surface area contributed by atoms with E-state index >= 15 is 0 Å². The molecule has 0 heterocycles. The Bertz CT molecular complexity index is 201. The van der Waals surface area contributed by atoms with Gasteiger partial charge in [0.2, 0.25) is 5.91 Å². The second-order valence-electron chi connectivity index (χ2n) is 2.81. The molecule has 82 valence electrons. The minimum Gasteiger partial charge on any atom is -0.481 e. The van der Waals surface area contributed by atoms with E-state index in [1.54, 1.807) is 0 Å². The Morgan fingerprint density at radius 1 is 1.43 bits per heavy atom.